The number of nitrogens with zero attached hydrogens (tertiary/aromatic N) is 2. The van der Waals surface area contributed by atoms with Crippen LogP contribution in [0.5, 0.6) is 5.75 Å². The zero-order valence-corrected chi connectivity index (χ0v) is 20.9. The molecular weight excluding hydrogens is 444 g/mol. The zero-order chi connectivity index (χ0) is 24.9. The van der Waals surface area contributed by atoms with Crippen molar-refractivity contribution in [3.63, 3.8) is 0 Å². The highest BCUT2D eigenvalue weighted by atomic mass is 16.5. The van der Waals surface area contributed by atoms with Gasteiger partial charge in [-0.15, -0.1) is 0 Å². The summed E-state index contributed by atoms with van der Waals surface area (Å²) in [6.07, 6.45) is 0. The Kier molecular flexibility index (Phi) is 7.60. The van der Waals surface area contributed by atoms with Crippen LogP contribution in [0.2, 0.25) is 0 Å². The number of furan rings is 1. The quantitative estimate of drug-likeness (QED) is 0.523. The number of ether oxygens (including phenoxy) is 1. The lowest BCUT2D eigenvalue weighted by molar-refractivity contribution is -0.117. The number of rotatable bonds is 7. The fraction of sp³-hybridized carbons (Fsp3) is 0.407. The highest BCUT2D eigenvalue weighted by molar-refractivity contribution is 5.93. The Balaban J connectivity index is 1.27. The minimum atomic E-state index is -0.286. The first-order chi connectivity index (χ1) is 16.9. The number of carbonyl (C=O) groups excluding carboxylic acids is 2. The molecule has 0 unspecified atom stereocenters. The fourth-order valence-electron chi connectivity index (χ4n) is 4.27. The van der Waals surface area contributed by atoms with Crippen LogP contribution in [0.25, 0.3) is 11.0 Å². The molecule has 35 heavy (non-hydrogen) atoms. The van der Waals surface area contributed by atoms with Gasteiger partial charge in [-0.2, -0.15) is 0 Å². The average molecular weight is 479 g/mol. The molecule has 1 fully saturated rings. The number of nitrogens with one attached hydrogen (secondary N) is 2. The molecule has 4 rings (SSSR count). The standard InChI is InChI=1S/C27H34N4O4/c1-5-34-23-11-7-9-21-16-24(35-26(21)23)20(4)28-27(33)31-14-12-30(13-15-31)17-25(32)29-22-10-6-8-18(2)19(22)3/h6-11,16,20H,5,12-15,17H2,1-4H3,(H,28,33)(H,29,32)/t20-/m0/s1. The molecule has 0 radical (unpaired) electrons. The first-order valence-electron chi connectivity index (χ1n) is 12.1. The Morgan fingerprint density at radius 3 is 2.57 bits per heavy atom. The Morgan fingerprint density at radius 1 is 1.09 bits per heavy atom. The maximum atomic E-state index is 12.9. The summed E-state index contributed by atoms with van der Waals surface area (Å²) < 4.78 is 11.7. The summed E-state index contributed by atoms with van der Waals surface area (Å²) in [5, 5.41) is 6.98. The van der Waals surface area contributed by atoms with E-state index in [2.05, 4.69) is 15.5 Å². The maximum Gasteiger partial charge on any atom is 0.318 e. The van der Waals surface area contributed by atoms with Gasteiger partial charge in [-0.25, -0.2) is 4.79 Å². The van der Waals surface area contributed by atoms with Gasteiger partial charge in [-0.05, 0) is 57.0 Å². The SMILES string of the molecule is CCOc1cccc2cc([C@H](C)NC(=O)N3CCN(CC(=O)Nc4cccc(C)c4C)CC3)oc12. The smallest absolute Gasteiger partial charge is 0.318 e. The van der Waals surface area contributed by atoms with Crippen LogP contribution in [0.1, 0.15) is 36.8 Å². The van der Waals surface area contributed by atoms with Gasteiger partial charge in [-0.1, -0.05) is 24.3 Å². The summed E-state index contributed by atoms with van der Waals surface area (Å²) in [5.41, 5.74) is 3.77. The second kappa shape index (κ2) is 10.8. The van der Waals surface area contributed by atoms with Crippen LogP contribution in [0.4, 0.5) is 10.5 Å². The van der Waals surface area contributed by atoms with Gasteiger partial charge >= 0.3 is 6.03 Å². The molecule has 2 heterocycles. The molecule has 1 atom stereocenters. The number of aryl methyl sites for hydroxylation is 1. The average Bonchev–Trinajstić information content (AvgIpc) is 3.28. The fourth-order valence-corrected chi connectivity index (χ4v) is 4.27. The third-order valence-electron chi connectivity index (χ3n) is 6.50. The number of carbonyl (C=O) groups is 2. The predicted octanol–water partition coefficient (Wildman–Crippen LogP) is 4.48. The van der Waals surface area contributed by atoms with E-state index in [1.165, 1.54) is 0 Å². The van der Waals surface area contributed by atoms with E-state index in [1.54, 1.807) is 4.90 Å². The van der Waals surface area contributed by atoms with Gasteiger partial charge in [0, 0.05) is 37.3 Å². The van der Waals surface area contributed by atoms with Gasteiger partial charge in [-0.3, -0.25) is 9.69 Å². The number of para-hydroxylation sites is 1. The van der Waals surface area contributed by atoms with Crippen molar-refractivity contribution in [2.45, 2.75) is 33.7 Å². The topological polar surface area (TPSA) is 87.0 Å². The molecule has 2 aromatic carbocycles. The minimum Gasteiger partial charge on any atom is -0.490 e. The molecule has 2 N–H and O–H groups in total. The van der Waals surface area contributed by atoms with Crippen molar-refractivity contribution >= 4 is 28.6 Å². The summed E-state index contributed by atoms with van der Waals surface area (Å²) in [7, 11) is 0. The van der Waals surface area contributed by atoms with Gasteiger partial charge in [0.1, 0.15) is 5.76 Å². The molecule has 0 saturated carbocycles. The third-order valence-corrected chi connectivity index (χ3v) is 6.50. The Hall–Kier alpha value is -3.52. The highest BCUT2D eigenvalue weighted by Crippen LogP contribution is 2.31. The van der Waals surface area contributed by atoms with E-state index >= 15 is 0 Å². The van der Waals surface area contributed by atoms with Gasteiger partial charge in [0.25, 0.3) is 0 Å². The predicted molar refractivity (Wildman–Crippen MR) is 137 cm³/mol. The van der Waals surface area contributed by atoms with Gasteiger partial charge in [0.2, 0.25) is 5.91 Å². The molecule has 1 aliphatic rings. The van der Waals surface area contributed by atoms with Crippen molar-refractivity contribution in [3.05, 3.63) is 59.4 Å². The van der Waals surface area contributed by atoms with Crippen molar-refractivity contribution in [1.82, 2.24) is 15.1 Å². The summed E-state index contributed by atoms with van der Waals surface area (Å²) in [6, 6.07) is 13.2. The molecule has 0 bridgehead atoms. The lowest BCUT2D eigenvalue weighted by atomic mass is 10.1. The normalized spacial score (nSPS) is 15.1. The molecule has 3 amide bonds. The van der Waals surface area contributed by atoms with E-state index in [9.17, 15) is 9.59 Å². The minimum absolute atomic E-state index is 0.0402. The van der Waals surface area contributed by atoms with Gasteiger partial charge in [0.05, 0.1) is 19.2 Å². The van der Waals surface area contributed by atoms with E-state index in [1.807, 2.05) is 70.2 Å². The molecule has 3 aromatic rings. The first kappa shape index (κ1) is 24.6. The van der Waals surface area contributed by atoms with Crippen LogP contribution in [-0.4, -0.2) is 61.1 Å². The maximum absolute atomic E-state index is 12.9. The molecule has 1 aromatic heterocycles. The number of hydrogen-bond acceptors (Lipinski definition) is 5. The van der Waals surface area contributed by atoms with Gasteiger partial charge in [0.15, 0.2) is 11.3 Å². The molecule has 8 heteroatoms. The number of benzene rings is 2. The van der Waals surface area contributed by atoms with Crippen LogP contribution < -0.4 is 15.4 Å². The van der Waals surface area contributed by atoms with Crippen LogP contribution in [0.3, 0.4) is 0 Å². The second-order valence-electron chi connectivity index (χ2n) is 8.99. The van der Waals surface area contributed by atoms with Crippen LogP contribution in [0, 0.1) is 13.8 Å². The molecule has 0 spiro atoms. The van der Waals surface area contributed by atoms with E-state index in [0.717, 1.165) is 22.2 Å². The molecular formula is C27H34N4O4. The Bertz CT molecular complexity index is 1200. The van der Waals surface area contributed by atoms with Crippen LogP contribution in [0.15, 0.2) is 46.9 Å². The molecule has 0 aliphatic carbocycles. The molecule has 1 saturated heterocycles. The number of amides is 3. The molecule has 8 nitrogen and oxygen atoms in total. The zero-order valence-electron chi connectivity index (χ0n) is 20.9. The van der Waals surface area contributed by atoms with E-state index in [0.29, 0.717) is 56.4 Å². The van der Waals surface area contributed by atoms with Crippen molar-refractivity contribution in [3.8, 4) is 5.75 Å². The third kappa shape index (κ3) is 5.77. The number of piperazine rings is 1. The summed E-state index contributed by atoms with van der Waals surface area (Å²) >= 11 is 0. The molecule has 186 valence electrons. The van der Waals surface area contributed by atoms with Crippen molar-refractivity contribution in [1.29, 1.82) is 0 Å². The number of anilines is 1. The number of hydrogen-bond donors (Lipinski definition) is 2. The monoisotopic (exact) mass is 478 g/mol. The van der Waals surface area contributed by atoms with E-state index in [-0.39, 0.29) is 18.0 Å². The number of urea groups is 1. The van der Waals surface area contributed by atoms with Gasteiger partial charge < -0.3 is 24.7 Å². The summed E-state index contributed by atoms with van der Waals surface area (Å²) in [5.74, 6) is 1.34. The first-order valence-corrected chi connectivity index (χ1v) is 12.1. The van der Waals surface area contributed by atoms with Crippen LogP contribution in [-0.2, 0) is 4.79 Å². The van der Waals surface area contributed by atoms with Crippen molar-refractivity contribution in [2.24, 2.45) is 0 Å². The second-order valence-corrected chi connectivity index (χ2v) is 8.99. The highest BCUT2D eigenvalue weighted by Gasteiger charge is 2.25. The Labute approximate surface area is 206 Å². The Morgan fingerprint density at radius 2 is 1.83 bits per heavy atom. The lowest BCUT2D eigenvalue weighted by Gasteiger charge is -2.34. The molecule has 1 aliphatic heterocycles. The number of fused-ring (bicyclic) bond motifs is 1. The largest absolute Gasteiger partial charge is 0.490 e. The van der Waals surface area contributed by atoms with Crippen molar-refractivity contribution < 1.29 is 18.7 Å². The summed E-state index contributed by atoms with van der Waals surface area (Å²) in [6.45, 7) is 11.1. The van der Waals surface area contributed by atoms with Crippen molar-refractivity contribution in [2.75, 3.05) is 44.6 Å². The van der Waals surface area contributed by atoms with Crippen LogP contribution >= 0.6 is 0 Å². The summed E-state index contributed by atoms with van der Waals surface area (Å²) in [4.78, 5) is 29.2. The lowest BCUT2D eigenvalue weighted by Crippen LogP contribution is -2.53. The van der Waals surface area contributed by atoms with E-state index in [4.69, 9.17) is 9.15 Å². The van der Waals surface area contributed by atoms with E-state index < -0.39 is 0 Å².